The predicted octanol–water partition coefficient (Wildman–Crippen LogP) is 6.35. The molecule has 1 heterocycles. The molecule has 1 aliphatic heterocycles. The number of para-hydroxylation sites is 2. The van der Waals surface area contributed by atoms with Crippen LogP contribution in [-0.2, 0) is 25.6 Å². The third-order valence-electron chi connectivity index (χ3n) is 11.0. The van der Waals surface area contributed by atoms with E-state index in [-0.39, 0.29) is 42.6 Å². The molecule has 2 unspecified atom stereocenters. The van der Waals surface area contributed by atoms with Crippen molar-refractivity contribution in [2.45, 2.75) is 37.3 Å². The number of ether oxygens (including phenoxy) is 2. The average molecular weight is 827 g/mol. The molecule has 1 saturated carbocycles. The number of amides is 4. The third-order valence-corrected chi connectivity index (χ3v) is 13.0. The smallest absolute Gasteiger partial charge is 0.253 e. The molecule has 0 spiro atoms. The van der Waals surface area contributed by atoms with Gasteiger partial charge in [0.1, 0.15) is 36.2 Å². The maximum absolute atomic E-state index is 14.4. The van der Waals surface area contributed by atoms with Crippen LogP contribution in [0.2, 0.25) is 0 Å². The highest BCUT2D eigenvalue weighted by Gasteiger charge is 2.62. The molecule has 310 valence electrons. The van der Waals surface area contributed by atoms with Gasteiger partial charge in [-0.1, -0.05) is 72.8 Å². The summed E-state index contributed by atoms with van der Waals surface area (Å²) in [5.41, 5.74) is 3.62. The van der Waals surface area contributed by atoms with E-state index in [1.807, 2.05) is 118 Å². The van der Waals surface area contributed by atoms with Crippen molar-refractivity contribution in [3.05, 3.63) is 145 Å². The first-order valence-corrected chi connectivity index (χ1v) is 21.0. The summed E-state index contributed by atoms with van der Waals surface area (Å²) < 4.78 is 14.5. The Kier molecular flexibility index (Phi) is 12.6. The van der Waals surface area contributed by atoms with E-state index in [0.29, 0.717) is 35.7 Å². The van der Waals surface area contributed by atoms with E-state index in [4.69, 9.17) is 9.47 Å². The van der Waals surface area contributed by atoms with E-state index >= 15 is 0 Å². The largest absolute Gasteiger partial charge is 0.497 e. The van der Waals surface area contributed by atoms with Crippen molar-refractivity contribution in [1.82, 2.24) is 10.6 Å². The Balaban J connectivity index is 1.10. The van der Waals surface area contributed by atoms with Crippen molar-refractivity contribution in [3.63, 3.8) is 0 Å². The number of nitrogens with zero attached hydrogens (tertiary/aromatic N) is 4. The monoisotopic (exact) mass is 826 g/mol. The lowest BCUT2D eigenvalue weighted by atomic mass is 10.0. The molecular weight excluding hydrogens is 777 g/mol. The lowest BCUT2D eigenvalue weighted by Gasteiger charge is -2.29. The standard InChI is InChI=1S/C47H50N6O6S/c1-6-60-52(31-43(54)48-40(29-33-15-9-7-10-16-33)45(56)50(2)35-21-25-37(58-4)26-22-35)41-19-13-14-20-42(41)53(60)32-44(55)49-47(30-39(47)34-17-11-8-12-18-34)46(57)51(3)36-23-27-38(59-5)28-24-36/h6-28,39-40H,29-32H2,1-5H3,(H,48,54)(H,49,55)/t39?,40-,47-,60?/m0/s1. The molecule has 2 aliphatic rings. The van der Waals surface area contributed by atoms with Gasteiger partial charge in [0.25, 0.3) is 5.91 Å². The minimum Gasteiger partial charge on any atom is -0.497 e. The van der Waals surface area contributed by atoms with E-state index in [1.165, 1.54) is 4.90 Å². The highest BCUT2D eigenvalue weighted by atomic mass is 32.2. The molecule has 0 bridgehead atoms. The van der Waals surface area contributed by atoms with Gasteiger partial charge in [0.2, 0.25) is 17.7 Å². The number of rotatable bonds is 15. The quantitative estimate of drug-likeness (QED) is 0.117. The molecule has 12 nitrogen and oxygen atoms in total. The summed E-state index contributed by atoms with van der Waals surface area (Å²) in [6.45, 7) is 1.77. The van der Waals surface area contributed by atoms with Crippen molar-refractivity contribution in [2.24, 2.45) is 0 Å². The fourth-order valence-corrected chi connectivity index (χ4v) is 9.73. The Bertz CT molecular complexity index is 2360. The Hall–Kier alpha value is -6.60. The van der Waals surface area contributed by atoms with E-state index < -0.39 is 22.4 Å². The molecule has 4 atom stereocenters. The predicted molar refractivity (Wildman–Crippen MR) is 240 cm³/mol. The van der Waals surface area contributed by atoms with E-state index in [1.54, 1.807) is 69.6 Å². The summed E-state index contributed by atoms with van der Waals surface area (Å²) in [6, 6.07) is 40.5. The van der Waals surface area contributed by atoms with Crippen LogP contribution < -0.4 is 38.5 Å². The maximum Gasteiger partial charge on any atom is 0.253 e. The summed E-state index contributed by atoms with van der Waals surface area (Å²) in [7, 11) is 5.73. The molecule has 2 N–H and O–H groups in total. The number of methoxy groups -OCH3 is 2. The van der Waals surface area contributed by atoms with Crippen molar-refractivity contribution in [3.8, 4) is 11.5 Å². The van der Waals surface area contributed by atoms with Crippen molar-refractivity contribution < 1.29 is 28.7 Å². The molecule has 60 heavy (non-hydrogen) atoms. The van der Waals surface area contributed by atoms with Gasteiger partial charge in [-0.05, 0) is 90.5 Å². The summed E-state index contributed by atoms with van der Waals surface area (Å²) in [5, 5.41) is 8.20. The first-order valence-electron chi connectivity index (χ1n) is 19.8. The highest BCUT2D eigenvalue weighted by Crippen LogP contribution is 2.53. The average Bonchev–Trinajstić information content (AvgIpc) is 3.94. The first kappa shape index (κ1) is 41.6. The fourth-order valence-electron chi connectivity index (χ4n) is 7.77. The molecule has 13 heteroatoms. The topological polar surface area (TPSA) is 124 Å². The number of carbonyl (C=O) groups excluding carboxylic acids is 4. The van der Waals surface area contributed by atoms with Gasteiger partial charge in [-0.3, -0.25) is 27.8 Å². The van der Waals surface area contributed by atoms with Crippen LogP contribution in [0.1, 0.15) is 30.4 Å². The second-order valence-electron chi connectivity index (χ2n) is 14.7. The van der Waals surface area contributed by atoms with Crippen LogP contribution in [0.4, 0.5) is 22.7 Å². The minimum absolute atomic E-state index is 0.0624. The molecule has 0 saturated heterocycles. The fraction of sp³-hybridized carbons (Fsp3) is 0.255. The van der Waals surface area contributed by atoms with Crippen LogP contribution in [0.25, 0.3) is 0 Å². The van der Waals surface area contributed by atoms with Crippen LogP contribution in [0.3, 0.4) is 0 Å². The summed E-state index contributed by atoms with van der Waals surface area (Å²) in [6.07, 6.45) is 0.742. The van der Waals surface area contributed by atoms with Crippen LogP contribution in [0.5, 0.6) is 11.5 Å². The zero-order valence-corrected chi connectivity index (χ0v) is 35.2. The van der Waals surface area contributed by atoms with E-state index in [9.17, 15) is 19.2 Å². The normalized spacial score (nSPS) is 18.2. The first-order chi connectivity index (χ1) is 29.1. The number of hydrogen-bond acceptors (Lipinski definition) is 8. The van der Waals surface area contributed by atoms with Crippen LogP contribution in [0.15, 0.2) is 133 Å². The zero-order valence-electron chi connectivity index (χ0n) is 34.4. The lowest BCUT2D eigenvalue weighted by molar-refractivity contribution is -0.127. The molecule has 4 amide bonds. The maximum atomic E-state index is 14.4. The number of nitrogens with one attached hydrogen (secondary N) is 2. The number of benzene rings is 5. The van der Waals surface area contributed by atoms with Crippen molar-refractivity contribution >= 4 is 62.6 Å². The molecule has 0 radical (unpaired) electrons. The van der Waals surface area contributed by atoms with Gasteiger partial charge in [0.15, 0.2) is 0 Å². The summed E-state index contributed by atoms with van der Waals surface area (Å²) >= 11 is 0. The SMILES string of the molecule is C/C=S1\N(CC(=O)N[C@@H](Cc2ccccc2)C(=O)N(C)c2ccc(OC)cc2)c2ccccc2N1CC(=O)N[C@@]1(C(=O)N(C)c2ccc(OC)cc2)CC1c1ccccc1. The van der Waals surface area contributed by atoms with Crippen molar-refractivity contribution in [1.29, 1.82) is 0 Å². The summed E-state index contributed by atoms with van der Waals surface area (Å²) in [5.74, 6) is -0.0174. The minimum atomic E-state index is -1.15. The van der Waals surface area contributed by atoms with E-state index in [0.717, 1.165) is 22.5 Å². The van der Waals surface area contributed by atoms with Crippen molar-refractivity contribution in [2.75, 3.05) is 59.8 Å². The molecule has 7 rings (SSSR count). The lowest BCUT2D eigenvalue weighted by Crippen LogP contribution is -2.53. The number of carbonyl (C=O) groups is 4. The second-order valence-corrected chi connectivity index (χ2v) is 16.7. The molecule has 5 aromatic rings. The number of likely N-dealkylation sites (N-methyl/N-ethyl adjacent to an activating group) is 2. The van der Waals surface area contributed by atoms with Gasteiger partial charge in [-0.2, -0.15) is 0 Å². The summed E-state index contributed by atoms with van der Waals surface area (Å²) in [4.78, 5) is 60.0. The Morgan fingerprint density at radius 1 is 0.717 bits per heavy atom. The van der Waals surface area contributed by atoms with Crippen LogP contribution >= 0.6 is 10.9 Å². The Labute approximate surface area is 353 Å². The molecule has 1 fully saturated rings. The zero-order chi connectivity index (χ0) is 42.4. The van der Waals surface area contributed by atoms with Gasteiger partial charge < -0.3 is 29.9 Å². The Morgan fingerprint density at radius 3 is 1.75 bits per heavy atom. The second kappa shape index (κ2) is 18.1. The molecule has 0 aromatic heterocycles. The van der Waals surface area contributed by atoms with Crippen LogP contribution in [0, 0.1) is 0 Å². The Morgan fingerprint density at radius 2 is 1.22 bits per heavy atom. The highest BCUT2D eigenvalue weighted by molar-refractivity contribution is 8.17. The third kappa shape index (κ3) is 8.71. The number of anilines is 4. The number of fused-ring (bicyclic) bond motifs is 1. The molecule has 1 aliphatic carbocycles. The van der Waals surface area contributed by atoms with E-state index in [2.05, 4.69) is 10.6 Å². The molecule has 5 aromatic carbocycles. The van der Waals surface area contributed by atoms with Crippen LogP contribution in [-0.4, -0.2) is 82.0 Å². The van der Waals surface area contributed by atoms with Gasteiger partial charge >= 0.3 is 0 Å². The van der Waals surface area contributed by atoms with Gasteiger partial charge in [-0.15, -0.1) is 0 Å². The van der Waals surface area contributed by atoms with Gasteiger partial charge in [0.05, 0.1) is 25.6 Å². The number of hydrogen-bond donors (Lipinski definition) is 2. The van der Waals surface area contributed by atoms with Gasteiger partial charge in [-0.25, -0.2) is 0 Å². The van der Waals surface area contributed by atoms with Gasteiger partial charge in [0, 0.05) is 48.7 Å². The molecular formula is C47H50N6O6S.